The maximum atomic E-state index is 13.3. The molecule has 2 aromatic heterocycles. The number of hydrogen-bond acceptors (Lipinski definition) is 5. The van der Waals surface area contributed by atoms with Crippen molar-refractivity contribution in [2.24, 2.45) is 0 Å². The molecule has 1 atom stereocenters. The monoisotopic (exact) mass is 459 g/mol. The maximum Gasteiger partial charge on any atom is 0.196 e. The molecule has 5 rings (SSSR count). The second-order valence-electron chi connectivity index (χ2n) is 8.69. The van der Waals surface area contributed by atoms with Crippen molar-refractivity contribution in [3.63, 3.8) is 0 Å². The molecule has 6 heteroatoms. The Hall–Kier alpha value is -3.31. The number of aromatic nitrogens is 1. The van der Waals surface area contributed by atoms with E-state index in [9.17, 15) is 4.79 Å². The summed E-state index contributed by atoms with van der Waals surface area (Å²) in [5, 5.41) is 4.67. The molecule has 0 amide bonds. The highest BCUT2D eigenvalue weighted by atomic mass is 35.5. The number of nitrogens with zero attached hydrogens (tertiary/aromatic N) is 2. The topological polar surface area (TPSA) is 58.4 Å². The highest BCUT2D eigenvalue weighted by Crippen LogP contribution is 2.35. The molecule has 1 aliphatic rings. The van der Waals surface area contributed by atoms with Crippen molar-refractivity contribution in [2.75, 3.05) is 23.3 Å². The van der Waals surface area contributed by atoms with Crippen LogP contribution in [0.1, 0.15) is 36.1 Å². The van der Waals surface area contributed by atoms with E-state index >= 15 is 0 Å². The quantitative estimate of drug-likeness (QED) is 0.345. The Labute approximate surface area is 198 Å². The zero-order chi connectivity index (χ0) is 23.1. The average Bonchev–Trinajstić information content (AvgIpc) is 2.77. The summed E-state index contributed by atoms with van der Waals surface area (Å²) in [5.74, 6) is 1.47. The van der Waals surface area contributed by atoms with E-state index in [0.717, 1.165) is 47.7 Å². The number of hydrogen-bond donors (Lipinski definition) is 1. The Bertz CT molecular complexity index is 1390. The van der Waals surface area contributed by atoms with Gasteiger partial charge in [-0.15, -0.1) is 0 Å². The van der Waals surface area contributed by atoms with E-state index in [4.69, 9.17) is 16.0 Å². The number of nitrogens with one attached hydrogen (secondary N) is 1. The summed E-state index contributed by atoms with van der Waals surface area (Å²) in [6.07, 6.45) is 1.15. The highest BCUT2D eigenvalue weighted by molar-refractivity contribution is 6.29. The number of anilines is 2. The first kappa shape index (κ1) is 21.5. The summed E-state index contributed by atoms with van der Waals surface area (Å²) in [6.45, 7) is 7.85. The minimum atomic E-state index is -0.120. The molecular weight excluding hydrogens is 434 g/mol. The van der Waals surface area contributed by atoms with Gasteiger partial charge in [-0.1, -0.05) is 48.0 Å². The van der Waals surface area contributed by atoms with Gasteiger partial charge in [-0.05, 0) is 51.0 Å². The van der Waals surface area contributed by atoms with E-state index in [1.54, 1.807) is 6.07 Å². The zero-order valence-electron chi connectivity index (χ0n) is 19.0. The second kappa shape index (κ2) is 8.56. The molecule has 33 heavy (non-hydrogen) atoms. The van der Waals surface area contributed by atoms with Crippen LogP contribution in [0.15, 0.2) is 63.8 Å². The number of fused-ring (bicyclic) bond motifs is 1. The van der Waals surface area contributed by atoms with E-state index in [1.807, 2.05) is 56.3 Å². The third-order valence-electron chi connectivity index (χ3n) is 6.26. The number of halogens is 1. The second-order valence-corrected chi connectivity index (χ2v) is 9.08. The normalized spacial score (nSPS) is 14.2. The van der Waals surface area contributed by atoms with Crippen LogP contribution in [0.3, 0.4) is 0 Å². The summed E-state index contributed by atoms with van der Waals surface area (Å²) < 4.78 is 6.45. The summed E-state index contributed by atoms with van der Waals surface area (Å²) in [6, 6.07) is 17.4. The molecule has 0 bridgehead atoms. The minimum absolute atomic E-state index is 0.00156. The highest BCUT2D eigenvalue weighted by Gasteiger charge is 2.23. The number of benzene rings is 2. The standard InChI is InChI=1S/C27H26ClN3O2/c1-16-14-20(18(3)29-22-10-11-23(28)30-27(22)31-12-7-13-31)26-21(15-16)24(32)17(2)25(33-26)19-8-5-4-6-9-19/h4-6,8-11,14-15,18,29H,7,12-13H2,1-3H3/t18-/m1/s1. The molecule has 1 fully saturated rings. The SMILES string of the molecule is Cc1cc([C@@H](C)Nc2ccc(Cl)nc2N2CCC2)c2oc(-c3ccccc3)c(C)c(=O)c2c1. The van der Waals surface area contributed by atoms with E-state index in [0.29, 0.717) is 27.4 Å². The molecule has 0 spiro atoms. The van der Waals surface area contributed by atoms with Gasteiger partial charge in [0.25, 0.3) is 0 Å². The Morgan fingerprint density at radius 1 is 1.09 bits per heavy atom. The van der Waals surface area contributed by atoms with Gasteiger partial charge in [0, 0.05) is 29.8 Å². The van der Waals surface area contributed by atoms with Crippen molar-refractivity contribution < 1.29 is 4.42 Å². The van der Waals surface area contributed by atoms with Gasteiger partial charge in [-0.2, -0.15) is 0 Å². The Morgan fingerprint density at radius 2 is 1.85 bits per heavy atom. The minimum Gasteiger partial charge on any atom is -0.455 e. The van der Waals surface area contributed by atoms with Crippen LogP contribution in [-0.4, -0.2) is 18.1 Å². The zero-order valence-corrected chi connectivity index (χ0v) is 19.7. The van der Waals surface area contributed by atoms with Crippen LogP contribution in [0.25, 0.3) is 22.3 Å². The molecule has 168 valence electrons. The first-order valence-electron chi connectivity index (χ1n) is 11.2. The molecule has 3 heterocycles. The van der Waals surface area contributed by atoms with Gasteiger partial charge in [0.05, 0.1) is 17.1 Å². The molecular formula is C27H26ClN3O2. The van der Waals surface area contributed by atoms with Gasteiger partial charge in [0.1, 0.15) is 16.5 Å². The predicted octanol–water partition coefficient (Wildman–Crippen LogP) is 6.51. The van der Waals surface area contributed by atoms with Crippen molar-refractivity contribution in [2.45, 2.75) is 33.2 Å². The summed E-state index contributed by atoms with van der Waals surface area (Å²) in [5.41, 5.74) is 4.99. The number of pyridine rings is 1. The Morgan fingerprint density at radius 3 is 2.55 bits per heavy atom. The molecule has 1 N–H and O–H groups in total. The first-order valence-corrected chi connectivity index (χ1v) is 11.6. The smallest absolute Gasteiger partial charge is 0.196 e. The van der Waals surface area contributed by atoms with Crippen LogP contribution in [0.4, 0.5) is 11.5 Å². The van der Waals surface area contributed by atoms with Crippen molar-refractivity contribution >= 4 is 34.1 Å². The summed E-state index contributed by atoms with van der Waals surface area (Å²) in [7, 11) is 0. The third-order valence-corrected chi connectivity index (χ3v) is 6.47. The van der Waals surface area contributed by atoms with Crippen molar-refractivity contribution in [3.8, 4) is 11.3 Å². The lowest BCUT2D eigenvalue weighted by molar-refractivity contribution is 0.604. The summed E-state index contributed by atoms with van der Waals surface area (Å²) >= 11 is 6.19. The average molecular weight is 460 g/mol. The Balaban J connectivity index is 1.62. The van der Waals surface area contributed by atoms with Crippen molar-refractivity contribution in [1.29, 1.82) is 0 Å². The fraction of sp³-hybridized carbons (Fsp3) is 0.259. The lowest BCUT2D eigenvalue weighted by atomic mass is 9.99. The largest absolute Gasteiger partial charge is 0.455 e. The van der Waals surface area contributed by atoms with E-state index < -0.39 is 0 Å². The molecule has 0 aliphatic carbocycles. The van der Waals surface area contributed by atoms with Crippen molar-refractivity contribution in [3.05, 3.63) is 86.7 Å². The van der Waals surface area contributed by atoms with Crippen LogP contribution >= 0.6 is 11.6 Å². The van der Waals surface area contributed by atoms with E-state index in [-0.39, 0.29) is 11.5 Å². The van der Waals surface area contributed by atoms with Gasteiger partial charge in [0.15, 0.2) is 11.2 Å². The van der Waals surface area contributed by atoms with Crippen LogP contribution < -0.4 is 15.6 Å². The van der Waals surface area contributed by atoms with Crippen LogP contribution in [-0.2, 0) is 0 Å². The lowest BCUT2D eigenvalue weighted by Crippen LogP contribution is -2.38. The van der Waals surface area contributed by atoms with E-state index in [2.05, 4.69) is 28.2 Å². The summed E-state index contributed by atoms with van der Waals surface area (Å²) in [4.78, 5) is 20.1. The maximum absolute atomic E-state index is 13.3. The van der Waals surface area contributed by atoms with Crippen molar-refractivity contribution in [1.82, 2.24) is 4.98 Å². The van der Waals surface area contributed by atoms with Gasteiger partial charge >= 0.3 is 0 Å². The first-order chi connectivity index (χ1) is 15.9. The van der Waals surface area contributed by atoms with E-state index in [1.165, 1.54) is 0 Å². The fourth-order valence-electron chi connectivity index (χ4n) is 4.37. The Kier molecular flexibility index (Phi) is 5.59. The third kappa shape index (κ3) is 3.98. The van der Waals surface area contributed by atoms with Crippen LogP contribution in [0, 0.1) is 13.8 Å². The molecule has 4 aromatic rings. The molecule has 0 unspecified atom stereocenters. The van der Waals surface area contributed by atoms with Gasteiger partial charge in [-0.25, -0.2) is 4.98 Å². The van der Waals surface area contributed by atoms with Gasteiger partial charge in [0.2, 0.25) is 0 Å². The molecule has 1 saturated heterocycles. The van der Waals surface area contributed by atoms with Gasteiger partial charge in [-0.3, -0.25) is 4.79 Å². The predicted molar refractivity (Wildman–Crippen MR) is 136 cm³/mol. The molecule has 5 nitrogen and oxygen atoms in total. The fourth-order valence-corrected chi connectivity index (χ4v) is 4.52. The molecule has 1 aliphatic heterocycles. The number of aryl methyl sites for hydroxylation is 1. The van der Waals surface area contributed by atoms with Gasteiger partial charge < -0.3 is 14.6 Å². The molecule has 2 aromatic carbocycles. The van der Waals surface area contributed by atoms with Crippen LogP contribution in [0.5, 0.6) is 0 Å². The molecule has 0 saturated carbocycles. The van der Waals surface area contributed by atoms with Crippen LogP contribution in [0.2, 0.25) is 5.15 Å². The lowest BCUT2D eigenvalue weighted by Gasteiger charge is -2.34. The number of rotatable bonds is 5. The molecule has 0 radical (unpaired) electrons.